The van der Waals surface area contributed by atoms with E-state index in [4.69, 9.17) is 0 Å². The minimum Gasteiger partial charge on any atom is -0.469 e. The van der Waals surface area contributed by atoms with Gasteiger partial charge in [-0.05, 0) is 30.5 Å². The third-order valence-electron chi connectivity index (χ3n) is 2.75. The number of methoxy groups -OCH3 is 1. The van der Waals surface area contributed by atoms with E-state index in [1.165, 1.54) is 12.7 Å². The van der Waals surface area contributed by atoms with Gasteiger partial charge in [-0.1, -0.05) is 6.07 Å². The van der Waals surface area contributed by atoms with Crippen molar-refractivity contribution in [1.29, 1.82) is 0 Å². The highest BCUT2D eigenvalue weighted by Crippen LogP contribution is 2.32. The maximum atomic E-state index is 11.2. The van der Waals surface area contributed by atoms with Gasteiger partial charge in [0.25, 0.3) is 0 Å². The number of nitrogens with one attached hydrogen (secondary N) is 1. The molecule has 2 rings (SSSR count). The Balaban J connectivity index is 1.95. The quantitative estimate of drug-likeness (QED) is 0.848. The lowest BCUT2D eigenvalue weighted by molar-refractivity contribution is -0.140. The molecule has 0 spiro atoms. The smallest absolute Gasteiger partial charge is 0.305 e. The molecule has 0 bridgehead atoms. The van der Waals surface area contributed by atoms with Crippen molar-refractivity contribution in [3.05, 3.63) is 23.8 Å². The van der Waals surface area contributed by atoms with Crippen molar-refractivity contribution < 1.29 is 14.3 Å². The van der Waals surface area contributed by atoms with E-state index in [1.807, 2.05) is 12.1 Å². The number of carbonyl (C=O) groups is 2. The zero-order chi connectivity index (χ0) is 13.0. The van der Waals surface area contributed by atoms with Gasteiger partial charge < -0.3 is 10.1 Å². The van der Waals surface area contributed by atoms with E-state index in [0.29, 0.717) is 12.2 Å². The van der Waals surface area contributed by atoms with E-state index in [2.05, 4.69) is 16.1 Å². The molecule has 0 aliphatic carbocycles. The number of ether oxygens (including phenoxy) is 1. The Kier molecular flexibility index (Phi) is 4.25. The lowest BCUT2D eigenvalue weighted by Gasteiger charge is -2.16. The molecule has 0 atom stereocenters. The van der Waals surface area contributed by atoms with Crippen LogP contribution in [0.25, 0.3) is 0 Å². The van der Waals surface area contributed by atoms with Crippen molar-refractivity contribution in [3.8, 4) is 0 Å². The molecule has 0 radical (unpaired) electrons. The summed E-state index contributed by atoms with van der Waals surface area (Å²) in [6, 6.07) is 5.99. The summed E-state index contributed by atoms with van der Waals surface area (Å²) in [6.07, 6.45) is 2.07. The van der Waals surface area contributed by atoms with Crippen LogP contribution in [0.15, 0.2) is 23.1 Å². The van der Waals surface area contributed by atoms with Gasteiger partial charge in [-0.2, -0.15) is 0 Å². The van der Waals surface area contributed by atoms with Gasteiger partial charge in [-0.15, -0.1) is 11.8 Å². The molecule has 1 aromatic carbocycles. The van der Waals surface area contributed by atoms with Crippen molar-refractivity contribution in [3.63, 3.8) is 0 Å². The highest BCUT2D eigenvalue weighted by molar-refractivity contribution is 8.00. The van der Waals surface area contributed by atoms with Crippen LogP contribution in [0.1, 0.15) is 18.4 Å². The molecule has 18 heavy (non-hydrogen) atoms. The number of carbonyl (C=O) groups excluding carboxylic acids is 2. The van der Waals surface area contributed by atoms with Crippen LogP contribution in [-0.4, -0.2) is 24.7 Å². The summed E-state index contributed by atoms with van der Waals surface area (Å²) in [6.45, 7) is 0. The Hall–Kier alpha value is -1.49. The third-order valence-corrected chi connectivity index (χ3v) is 3.81. The number of amides is 1. The molecule has 1 amide bonds. The second kappa shape index (κ2) is 5.91. The maximum absolute atomic E-state index is 11.2. The monoisotopic (exact) mass is 265 g/mol. The Labute approximate surface area is 110 Å². The van der Waals surface area contributed by atoms with Crippen molar-refractivity contribution >= 4 is 29.3 Å². The Morgan fingerprint density at radius 1 is 1.50 bits per heavy atom. The summed E-state index contributed by atoms with van der Waals surface area (Å²) in [7, 11) is 1.40. The first-order valence-corrected chi connectivity index (χ1v) is 6.80. The summed E-state index contributed by atoms with van der Waals surface area (Å²) in [4.78, 5) is 23.3. The number of hydrogen-bond acceptors (Lipinski definition) is 4. The largest absolute Gasteiger partial charge is 0.469 e. The van der Waals surface area contributed by atoms with Gasteiger partial charge in [0, 0.05) is 11.3 Å². The van der Waals surface area contributed by atoms with Gasteiger partial charge in [0.2, 0.25) is 5.91 Å². The van der Waals surface area contributed by atoms with Gasteiger partial charge >= 0.3 is 5.97 Å². The summed E-state index contributed by atoms with van der Waals surface area (Å²) in [5.74, 6) is 0.346. The van der Waals surface area contributed by atoms with E-state index in [-0.39, 0.29) is 11.9 Å². The number of benzene rings is 1. The first-order valence-electron chi connectivity index (χ1n) is 5.81. The molecule has 1 N–H and O–H groups in total. The van der Waals surface area contributed by atoms with Crippen LogP contribution in [0.5, 0.6) is 0 Å². The zero-order valence-electron chi connectivity index (χ0n) is 10.2. The molecular weight excluding hydrogens is 250 g/mol. The van der Waals surface area contributed by atoms with Crippen LogP contribution in [0.3, 0.4) is 0 Å². The number of thioether (sulfide) groups is 1. The van der Waals surface area contributed by atoms with Crippen molar-refractivity contribution in [1.82, 2.24) is 0 Å². The Morgan fingerprint density at radius 3 is 3.11 bits per heavy atom. The standard InChI is InChI=1S/C13H15NO3S/c1-17-13(16)4-2-3-9-5-6-10-11(7-9)18-8-12(15)14-10/h5-7H,2-4,8H2,1H3,(H,14,15). The van der Waals surface area contributed by atoms with Gasteiger partial charge in [0.1, 0.15) is 0 Å². The summed E-state index contributed by atoms with van der Waals surface area (Å²) >= 11 is 1.55. The van der Waals surface area contributed by atoms with Crippen LogP contribution in [0, 0.1) is 0 Å². The second-order valence-electron chi connectivity index (χ2n) is 4.10. The van der Waals surface area contributed by atoms with Crippen molar-refractivity contribution in [2.45, 2.75) is 24.2 Å². The van der Waals surface area contributed by atoms with E-state index >= 15 is 0 Å². The zero-order valence-corrected chi connectivity index (χ0v) is 11.0. The van der Waals surface area contributed by atoms with Gasteiger partial charge in [0.15, 0.2) is 0 Å². The third kappa shape index (κ3) is 3.26. The molecule has 1 heterocycles. The normalized spacial score (nSPS) is 13.7. The molecule has 4 nitrogen and oxygen atoms in total. The average Bonchev–Trinajstić information content (AvgIpc) is 2.38. The lowest BCUT2D eigenvalue weighted by atomic mass is 10.1. The molecule has 0 saturated carbocycles. The molecule has 96 valence electrons. The minimum atomic E-state index is -0.172. The topological polar surface area (TPSA) is 55.4 Å². The van der Waals surface area contributed by atoms with Crippen LogP contribution in [0.4, 0.5) is 5.69 Å². The molecule has 0 aromatic heterocycles. The van der Waals surface area contributed by atoms with Crippen LogP contribution < -0.4 is 5.32 Å². The number of esters is 1. The molecule has 1 aromatic rings. The predicted octanol–water partition coefficient (Wildman–Crippen LogP) is 2.23. The Bertz CT molecular complexity index is 473. The molecule has 0 fully saturated rings. The molecule has 5 heteroatoms. The first-order chi connectivity index (χ1) is 8.69. The number of fused-ring (bicyclic) bond motifs is 1. The first kappa shape index (κ1) is 13.0. The Morgan fingerprint density at radius 2 is 2.33 bits per heavy atom. The van der Waals surface area contributed by atoms with Crippen LogP contribution in [0.2, 0.25) is 0 Å². The van der Waals surface area contributed by atoms with E-state index in [9.17, 15) is 9.59 Å². The summed E-state index contributed by atoms with van der Waals surface area (Å²) in [5.41, 5.74) is 2.06. The maximum Gasteiger partial charge on any atom is 0.305 e. The van der Waals surface area contributed by atoms with Crippen LogP contribution in [-0.2, 0) is 20.7 Å². The van der Waals surface area contributed by atoms with E-state index < -0.39 is 0 Å². The second-order valence-corrected chi connectivity index (χ2v) is 5.11. The van der Waals surface area contributed by atoms with Gasteiger partial charge in [0.05, 0.1) is 18.6 Å². The molecule has 1 aliphatic rings. The fraction of sp³-hybridized carbons (Fsp3) is 0.385. The van der Waals surface area contributed by atoms with Crippen LogP contribution >= 0.6 is 11.8 Å². The van der Waals surface area contributed by atoms with Crippen molar-refractivity contribution in [2.75, 3.05) is 18.2 Å². The number of aryl methyl sites for hydroxylation is 1. The summed E-state index contributed by atoms with van der Waals surface area (Å²) in [5, 5.41) is 2.84. The predicted molar refractivity (Wildman–Crippen MR) is 70.7 cm³/mol. The molecule has 0 saturated heterocycles. The fourth-order valence-corrected chi connectivity index (χ4v) is 2.68. The van der Waals surface area contributed by atoms with Gasteiger partial charge in [-0.3, -0.25) is 9.59 Å². The fourth-order valence-electron chi connectivity index (χ4n) is 1.81. The minimum absolute atomic E-state index is 0.0472. The summed E-state index contributed by atoms with van der Waals surface area (Å²) < 4.78 is 4.60. The average molecular weight is 265 g/mol. The highest BCUT2D eigenvalue weighted by Gasteiger charge is 2.15. The van der Waals surface area contributed by atoms with Crippen molar-refractivity contribution in [2.24, 2.45) is 0 Å². The molecule has 1 aliphatic heterocycles. The number of hydrogen-bond donors (Lipinski definition) is 1. The number of rotatable bonds is 4. The number of anilines is 1. The molecule has 0 unspecified atom stereocenters. The van der Waals surface area contributed by atoms with Gasteiger partial charge in [-0.25, -0.2) is 0 Å². The highest BCUT2D eigenvalue weighted by atomic mass is 32.2. The SMILES string of the molecule is COC(=O)CCCc1ccc2c(c1)SCC(=O)N2. The lowest BCUT2D eigenvalue weighted by Crippen LogP contribution is -2.18. The molecular formula is C13H15NO3S. The van der Waals surface area contributed by atoms with E-state index in [1.54, 1.807) is 11.8 Å². The van der Waals surface area contributed by atoms with E-state index in [0.717, 1.165) is 23.4 Å².